The molecule has 1 fully saturated rings. The lowest BCUT2D eigenvalue weighted by molar-refractivity contribution is -0.117. The average molecular weight is 286 g/mol. The van der Waals surface area contributed by atoms with Crippen LogP contribution in [0.1, 0.15) is 39.2 Å². The molecular formula is C18H26N2O. The third-order valence-corrected chi connectivity index (χ3v) is 4.18. The molecule has 1 amide bonds. The quantitative estimate of drug-likeness (QED) is 0.844. The van der Waals surface area contributed by atoms with E-state index < -0.39 is 0 Å². The summed E-state index contributed by atoms with van der Waals surface area (Å²) in [7, 11) is 0. The van der Waals surface area contributed by atoms with Gasteiger partial charge in [0.25, 0.3) is 0 Å². The second-order valence-electron chi connectivity index (χ2n) is 6.43. The topological polar surface area (TPSA) is 32.3 Å². The fourth-order valence-corrected chi connectivity index (χ4v) is 2.74. The molecule has 1 aliphatic heterocycles. The largest absolute Gasteiger partial charge is 0.350 e. The van der Waals surface area contributed by atoms with Gasteiger partial charge >= 0.3 is 0 Å². The van der Waals surface area contributed by atoms with Gasteiger partial charge in [0.05, 0.1) is 0 Å². The molecule has 0 aromatic heterocycles. The number of hydrogen-bond acceptors (Lipinski definition) is 2. The SMILES string of the molecule is C/C(=C\c1ccccc1)C(=O)NCC(C)(C)N1CCCC1. The highest BCUT2D eigenvalue weighted by atomic mass is 16.1. The molecular weight excluding hydrogens is 260 g/mol. The van der Waals surface area contributed by atoms with Crippen molar-refractivity contribution in [3.63, 3.8) is 0 Å². The molecule has 3 nitrogen and oxygen atoms in total. The van der Waals surface area contributed by atoms with Crippen LogP contribution < -0.4 is 5.32 Å². The summed E-state index contributed by atoms with van der Waals surface area (Å²) in [6, 6.07) is 9.95. The number of likely N-dealkylation sites (tertiary alicyclic amines) is 1. The molecule has 21 heavy (non-hydrogen) atoms. The van der Waals surface area contributed by atoms with E-state index in [1.54, 1.807) is 0 Å². The van der Waals surface area contributed by atoms with E-state index in [1.165, 1.54) is 12.8 Å². The molecule has 0 radical (unpaired) electrons. The molecule has 1 aromatic carbocycles. The number of carbonyl (C=O) groups excluding carboxylic acids is 1. The summed E-state index contributed by atoms with van der Waals surface area (Å²) >= 11 is 0. The number of nitrogens with zero attached hydrogens (tertiary/aromatic N) is 1. The summed E-state index contributed by atoms with van der Waals surface area (Å²) < 4.78 is 0. The van der Waals surface area contributed by atoms with Crippen molar-refractivity contribution in [1.82, 2.24) is 10.2 Å². The molecule has 0 spiro atoms. The smallest absolute Gasteiger partial charge is 0.247 e. The Balaban J connectivity index is 1.90. The van der Waals surface area contributed by atoms with Crippen molar-refractivity contribution >= 4 is 12.0 Å². The first-order valence-electron chi connectivity index (χ1n) is 7.76. The third kappa shape index (κ3) is 4.43. The Morgan fingerprint density at radius 3 is 2.48 bits per heavy atom. The lowest BCUT2D eigenvalue weighted by Gasteiger charge is -2.35. The zero-order valence-electron chi connectivity index (χ0n) is 13.4. The Bertz CT molecular complexity index is 499. The molecule has 1 heterocycles. The molecule has 0 bridgehead atoms. The molecule has 114 valence electrons. The lowest BCUT2D eigenvalue weighted by Crippen LogP contribution is -2.50. The zero-order chi connectivity index (χ0) is 15.3. The van der Waals surface area contributed by atoms with E-state index in [0.29, 0.717) is 6.54 Å². The highest BCUT2D eigenvalue weighted by Crippen LogP contribution is 2.20. The normalized spacial score (nSPS) is 17.0. The van der Waals surface area contributed by atoms with Crippen molar-refractivity contribution < 1.29 is 4.79 Å². The van der Waals surface area contributed by atoms with Crippen molar-refractivity contribution in [1.29, 1.82) is 0 Å². The fourth-order valence-electron chi connectivity index (χ4n) is 2.74. The Kier molecular flexibility index (Phi) is 5.18. The van der Waals surface area contributed by atoms with E-state index in [4.69, 9.17) is 0 Å². The Hall–Kier alpha value is -1.61. The summed E-state index contributed by atoms with van der Waals surface area (Å²) in [5.74, 6) is 0.0196. The maximum atomic E-state index is 12.2. The van der Waals surface area contributed by atoms with Crippen LogP contribution >= 0.6 is 0 Å². The number of nitrogens with one attached hydrogen (secondary N) is 1. The fraction of sp³-hybridized carbons (Fsp3) is 0.500. The number of carbonyl (C=O) groups is 1. The molecule has 0 atom stereocenters. The molecule has 0 unspecified atom stereocenters. The summed E-state index contributed by atoms with van der Waals surface area (Å²) in [4.78, 5) is 14.7. The average Bonchev–Trinajstić information content (AvgIpc) is 3.01. The van der Waals surface area contributed by atoms with Crippen molar-refractivity contribution in [2.45, 2.75) is 39.2 Å². The first kappa shape index (κ1) is 15.8. The van der Waals surface area contributed by atoms with E-state index >= 15 is 0 Å². The van der Waals surface area contributed by atoms with E-state index in [1.807, 2.05) is 43.3 Å². The summed E-state index contributed by atoms with van der Waals surface area (Å²) in [6.45, 7) is 9.24. The second-order valence-corrected chi connectivity index (χ2v) is 6.43. The molecule has 1 N–H and O–H groups in total. The van der Waals surface area contributed by atoms with Gasteiger partial charge in [0.15, 0.2) is 0 Å². The van der Waals surface area contributed by atoms with E-state index in [0.717, 1.165) is 24.2 Å². The third-order valence-electron chi connectivity index (χ3n) is 4.18. The van der Waals surface area contributed by atoms with Crippen molar-refractivity contribution in [2.24, 2.45) is 0 Å². The van der Waals surface area contributed by atoms with Crippen molar-refractivity contribution in [2.75, 3.05) is 19.6 Å². The van der Waals surface area contributed by atoms with Crippen LogP contribution in [0.3, 0.4) is 0 Å². The van der Waals surface area contributed by atoms with Crippen LogP contribution in [0.25, 0.3) is 6.08 Å². The second kappa shape index (κ2) is 6.90. The minimum Gasteiger partial charge on any atom is -0.350 e. The van der Waals surface area contributed by atoms with Crippen molar-refractivity contribution in [3.05, 3.63) is 41.5 Å². The van der Waals surface area contributed by atoms with Gasteiger partial charge in [-0.05, 0) is 58.3 Å². The molecule has 1 saturated heterocycles. The Labute approximate surface area is 128 Å². The van der Waals surface area contributed by atoms with Gasteiger partial charge in [-0.3, -0.25) is 9.69 Å². The van der Waals surface area contributed by atoms with Crippen LogP contribution in [-0.4, -0.2) is 36.0 Å². The molecule has 1 aliphatic rings. The predicted octanol–water partition coefficient (Wildman–Crippen LogP) is 3.08. The van der Waals surface area contributed by atoms with Gasteiger partial charge in [-0.25, -0.2) is 0 Å². The lowest BCUT2D eigenvalue weighted by atomic mass is 10.0. The van der Waals surface area contributed by atoms with Crippen molar-refractivity contribution in [3.8, 4) is 0 Å². The van der Waals surface area contributed by atoms with E-state index in [2.05, 4.69) is 24.1 Å². The molecule has 0 saturated carbocycles. The number of rotatable bonds is 5. The van der Waals surface area contributed by atoms with Crippen LogP contribution in [-0.2, 0) is 4.79 Å². The minimum atomic E-state index is 0.0196. The Morgan fingerprint density at radius 2 is 1.86 bits per heavy atom. The van der Waals surface area contributed by atoms with Gasteiger partial charge in [0.1, 0.15) is 0 Å². The monoisotopic (exact) mass is 286 g/mol. The standard InChI is InChI=1S/C18H26N2O/c1-15(13-16-9-5-4-6-10-16)17(21)19-14-18(2,3)20-11-7-8-12-20/h4-6,9-10,13H,7-8,11-12,14H2,1-3H3,(H,19,21)/b15-13+. The highest BCUT2D eigenvalue weighted by molar-refractivity contribution is 5.97. The van der Waals surface area contributed by atoms with E-state index in [9.17, 15) is 4.79 Å². The van der Waals surface area contributed by atoms with Crippen LogP contribution in [0, 0.1) is 0 Å². The molecule has 2 rings (SSSR count). The molecule has 0 aliphatic carbocycles. The number of benzene rings is 1. The van der Waals surface area contributed by atoms with Gasteiger partial charge < -0.3 is 5.32 Å². The number of hydrogen-bond donors (Lipinski definition) is 1. The van der Waals surface area contributed by atoms with Gasteiger partial charge in [0.2, 0.25) is 5.91 Å². The summed E-state index contributed by atoms with van der Waals surface area (Å²) in [6.07, 6.45) is 4.47. The minimum absolute atomic E-state index is 0.0196. The van der Waals surface area contributed by atoms with Crippen LogP contribution in [0.15, 0.2) is 35.9 Å². The van der Waals surface area contributed by atoms with Gasteiger partial charge in [-0.1, -0.05) is 30.3 Å². The maximum absolute atomic E-state index is 12.2. The number of amides is 1. The zero-order valence-corrected chi connectivity index (χ0v) is 13.4. The molecule has 1 aromatic rings. The first-order chi connectivity index (χ1) is 9.99. The van der Waals surface area contributed by atoms with Crippen LogP contribution in [0.2, 0.25) is 0 Å². The van der Waals surface area contributed by atoms with Gasteiger partial charge in [-0.2, -0.15) is 0 Å². The summed E-state index contributed by atoms with van der Waals surface area (Å²) in [5.41, 5.74) is 1.83. The predicted molar refractivity (Wildman–Crippen MR) is 88.0 cm³/mol. The first-order valence-corrected chi connectivity index (χ1v) is 7.76. The summed E-state index contributed by atoms with van der Waals surface area (Å²) in [5, 5.41) is 3.07. The van der Waals surface area contributed by atoms with E-state index in [-0.39, 0.29) is 11.4 Å². The van der Waals surface area contributed by atoms with Gasteiger partial charge in [0, 0.05) is 17.7 Å². The van der Waals surface area contributed by atoms with Crippen LogP contribution in [0.5, 0.6) is 0 Å². The Morgan fingerprint density at radius 1 is 1.24 bits per heavy atom. The van der Waals surface area contributed by atoms with Crippen LogP contribution in [0.4, 0.5) is 0 Å². The molecule has 3 heteroatoms. The maximum Gasteiger partial charge on any atom is 0.247 e. The highest BCUT2D eigenvalue weighted by Gasteiger charge is 2.29. The van der Waals surface area contributed by atoms with Gasteiger partial charge in [-0.15, -0.1) is 0 Å².